The summed E-state index contributed by atoms with van der Waals surface area (Å²) in [5.41, 5.74) is 6.15. The van der Waals surface area contributed by atoms with Crippen molar-refractivity contribution in [2.24, 2.45) is 17.1 Å². The molecule has 12 nitrogen and oxygen atoms in total. The van der Waals surface area contributed by atoms with Gasteiger partial charge < -0.3 is 30.2 Å². The maximum Gasteiger partial charge on any atom is 0.317 e. The molecule has 4 N–H and O–H groups in total. The monoisotopic (exact) mass is 535 g/mol. The molecule has 0 bridgehead atoms. The number of carbonyl (C=O) groups is 2. The van der Waals surface area contributed by atoms with Crippen molar-refractivity contribution in [1.29, 1.82) is 5.26 Å². The van der Waals surface area contributed by atoms with Gasteiger partial charge in [0.15, 0.2) is 12.4 Å². The zero-order chi connectivity index (χ0) is 27.6. The average molecular weight is 536 g/mol. The molecule has 1 aliphatic carbocycles. The highest BCUT2D eigenvalue weighted by molar-refractivity contribution is 5.85. The number of aromatic amines is 1. The molecule has 1 saturated carbocycles. The number of nitrogens with two attached hydrogens (primary N) is 1. The maximum absolute atomic E-state index is 13.7. The number of H-pyrrole nitrogens is 1. The minimum absolute atomic E-state index is 0.0807. The molecule has 0 unspecified atom stereocenters. The van der Waals surface area contributed by atoms with Crippen LogP contribution in [0.2, 0.25) is 0 Å². The Hall–Kier alpha value is -4.41. The second-order valence-corrected chi connectivity index (χ2v) is 9.76. The number of rotatable bonds is 9. The fourth-order valence-electron chi connectivity index (χ4n) is 4.06. The van der Waals surface area contributed by atoms with Crippen molar-refractivity contribution >= 4 is 17.8 Å². The van der Waals surface area contributed by atoms with Crippen LogP contribution in [-0.4, -0.2) is 58.2 Å². The Labute approximate surface area is 222 Å². The standard InChI is InChI=1S/C26H26FN7O5/c1-25(23(36)37-11-9-28)13-38-26(21(29)35,39-14-25)22-33-19(16-4-6-17(27)7-5-16)20(34-22)18-8-10-30-24(32-18)31-12-15-2-3-15/h4-8,10,15H,2-3,11-14H2,1H3,(H2,29,35)(H,33,34)(H,30,31,32). The van der Waals surface area contributed by atoms with E-state index in [4.69, 9.17) is 25.2 Å². The number of nitrogens with one attached hydrogen (secondary N) is 2. The van der Waals surface area contributed by atoms with Crippen molar-refractivity contribution in [3.63, 3.8) is 0 Å². The lowest BCUT2D eigenvalue weighted by atomic mass is 9.91. The van der Waals surface area contributed by atoms with Crippen molar-refractivity contribution in [1.82, 2.24) is 19.9 Å². The second kappa shape index (κ2) is 10.4. The van der Waals surface area contributed by atoms with Gasteiger partial charge in [-0.05, 0) is 56.0 Å². The van der Waals surface area contributed by atoms with E-state index in [1.165, 1.54) is 31.2 Å². The van der Waals surface area contributed by atoms with Crippen LogP contribution in [0.3, 0.4) is 0 Å². The molecule has 5 rings (SSSR count). The average Bonchev–Trinajstić information content (AvgIpc) is 3.67. The molecule has 1 amide bonds. The van der Waals surface area contributed by atoms with Gasteiger partial charge in [0, 0.05) is 18.3 Å². The number of amides is 1. The lowest BCUT2D eigenvalue weighted by Crippen LogP contribution is -2.56. The van der Waals surface area contributed by atoms with E-state index in [0.717, 1.165) is 19.4 Å². The van der Waals surface area contributed by atoms with E-state index in [0.29, 0.717) is 34.5 Å². The second-order valence-electron chi connectivity index (χ2n) is 9.76. The molecule has 39 heavy (non-hydrogen) atoms. The van der Waals surface area contributed by atoms with Crippen LogP contribution in [0.1, 0.15) is 25.6 Å². The van der Waals surface area contributed by atoms with Crippen LogP contribution in [0.15, 0.2) is 36.5 Å². The van der Waals surface area contributed by atoms with Crippen LogP contribution in [0, 0.1) is 28.5 Å². The summed E-state index contributed by atoms with van der Waals surface area (Å²) < 4.78 is 30.2. The number of anilines is 1. The van der Waals surface area contributed by atoms with Crippen LogP contribution in [-0.2, 0) is 29.6 Å². The van der Waals surface area contributed by atoms with Crippen LogP contribution in [0.25, 0.3) is 22.6 Å². The number of halogens is 1. The zero-order valence-electron chi connectivity index (χ0n) is 21.1. The Morgan fingerprint density at radius 2 is 1.95 bits per heavy atom. The summed E-state index contributed by atoms with van der Waals surface area (Å²) in [5.74, 6) is -3.38. The molecule has 0 radical (unpaired) electrons. The minimum atomic E-state index is -2.16. The lowest BCUT2D eigenvalue weighted by Gasteiger charge is -2.40. The molecule has 202 valence electrons. The van der Waals surface area contributed by atoms with Gasteiger partial charge in [-0.1, -0.05) is 0 Å². The van der Waals surface area contributed by atoms with Gasteiger partial charge in [-0.25, -0.2) is 19.3 Å². The van der Waals surface area contributed by atoms with E-state index in [-0.39, 0.29) is 19.0 Å². The van der Waals surface area contributed by atoms with Gasteiger partial charge in [-0.3, -0.25) is 9.59 Å². The van der Waals surface area contributed by atoms with Crippen molar-refractivity contribution in [2.45, 2.75) is 25.6 Å². The van der Waals surface area contributed by atoms with E-state index in [1.807, 2.05) is 0 Å². The van der Waals surface area contributed by atoms with E-state index < -0.39 is 35.5 Å². The quantitative estimate of drug-likeness (QED) is 0.344. The number of nitriles is 1. The fraction of sp³-hybridized carbons (Fsp3) is 0.385. The summed E-state index contributed by atoms with van der Waals surface area (Å²) in [6.45, 7) is 1.24. The molecular weight excluding hydrogens is 509 g/mol. The molecule has 0 spiro atoms. The maximum atomic E-state index is 13.7. The molecule has 13 heteroatoms. The first-order valence-corrected chi connectivity index (χ1v) is 12.3. The third-order valence-corrected chi connectivity index (χ3v) is 6.56. The summed E-state index contributed by atoms with van der Waals surface area (Å²) in [7, 11) is 0. The van der Waals surface area contributed by atoms with Crippen molar-refractivity contribution in [3.8, 4) is 28.7 Å². The Kier molecular flexibility index (Phi) is 6.98. The number of esters is 1. The minimum Gasteiger partial charge on any atom is -0.450 e. The molecule has 2 fully saturated rings. The van der Waals surface area contributed by atoms with Crippen LogP contribution in [0.5, 0.6) is 0 Å². The highest BCUT2D eigenvalue weighted by atomic mass is 19.1. The van der Waals surface area contributed by atoms with Crippen LogP contribution in [0.4, 0.5) is 10.3 Å². The predicted molar refractivity (Wildman–Crippen MR) is 134 cm³/mol. The summed E-state index contributed by atoms with van der Waals surface area (Å²) in [4.78, 5) is 41.7. The molecule has 2 aliphatic rings. The summed E-state index contributed by atoms with van der Waals surface area (Å²) in [6, 6.07) is 9.03. The Morgan fingerprint density at radius 3 is 2.59 bits per heavy atom. The van der Waals surface area contributed by atoms with Gasteiger partial charge in [-0.15, -0.1) is 0 Å². The number of nitrogens with zero attached hydrogens (tertiary/aromatic N) is 4. The molecule has 3 heterocycles. The van der Waals surface area contributed by atoms with E-state index >= 15 is 0 Å². The molecule has 1 aliphatic heterocycles. The third kappa shape index (κ3) is 5.29. The van der Waals surface area contributed by atoms with Gasteiger partial charge in [0.1, 0.15) is 17.3 Å². The summed E-state index contributed by atoms with van der Waals surface area (Å²) in [5, 5.41) is 11.9. The number of primary amides is 1. The van der Waals surface area contributed by atoms with Gasteiger partial charge in [0.05, 0.1) is 30.3 Å². The highest BCUT2D eigenvalue weighted by Crippen LogP contribution is 2.39. The summed E-state index contributed by atoms with van der Waals surface area (Å²) >= 11 is 0. The number of hydrogen-bond acceptors (Lipinski definition) is 10. The Morgan fingerprint density at radius 1 is 1.23 bits per heavy atom. The smallest absolute Gasteiger partial charge is 0.317 e. The van der Waals surface area contributed by atoms with Gasteiger partial charge in [0.2, 0.25) is 5.95 Å². The lowest BCUT2D eigenvalue weighted by molar-refractivity contribution is -0.293. The normalized spacial score (nSPS) is 22.6. The number of benzene rings is 1. The molecular formula is C26H26FN7O5. The number of imidazole rings is 1. The van der Waals surface area contributed by atoms with Gasteiger partial charge >= 0.3 is 11.8 Å². The number of ether oxygens (including phenoxy) is 3. The first-order chi connectivity index (χ1) is 18.7. The Balaban J connectivity index is 1.52. The molecule has 1 saturated heterocycles. The van der Waals surface area contributed by atoms with E-state index in [9.17, 15) is 14.0 Å². The van der Waals surface area contributed by atoms with Crippen molar-refractivity contribution in [2.75, 3.05) is 31.7 Å². The van der Waals surface area contributed by atoms with E-state index in [2.05, 4.69) is 25.3 Å². The SMILES string of the molecule is CC1(C(=O)OCC#N)COC(C(N)=O)(c2nc(-c3ccc(F)cc3)c(-c3ccnc(NCC4CC4)n3)[nH]2)OC1. The molecule has 3 aromatic rings. The van der Waals surface area contributed by atoms with Gasteiger partial charge in [0.25, 0.3) is 5.91 Å². The van der Waals surface area contributed by atoms with E-state index in [1.54, 1.807) is 18.3 Å². The molecule has 0 atom stereocenters. The first kappa shape index (κ1) is 26.2. The third-order valence-electron chi connectivity index (χ3n) is 6.56. The highest BCUT2D eigenvalue weighted by Gasteiger charge is 2.54. The Bertz CT molecular complexity index is 1420. The number of hydrogen-bond donors (Lipinski definition) is 3. The van der Waals surface area contributed by atoms with Gasteiger partial charge in [-0.2, -0.15) is 5.26 Å². The number of carbonyl (C=O) groups excluding carboxylic acids is 2. The fourth-order valence-corrected chi connectivity index (χ4v) is 4.06. The topological polar surface area (TPSA) is 178 Å². The predicted octanol–water partition coefficient (Wildman–Crippen LogP) is 2.25. The van der Waals surface area contributed by atoms with Crippen LogP contribution >= 0.6 is 0 Å². The molecule has 1 aromatic carbocycles. The van der Waals surface area contributed by atoms with Crippen molar-refractivity contribution < 1.29 is 28.2 Å². The first-order valence-electron chi connectivity index (χ1n) is 12.3. The zero-order valence-corrected chi connectivity index (χ0v) is 21.1. The molecule has 2 aromatic heterocycles. The largest absolute Gasteiger partial charge is 0.450 e. The van der Waals surface area contributed by atoms with Crippen molar-refractivity contribution in [3.05, 3.63) is 48.2 Å². The van der Waals surface area contributed by atoms with Crippen LogP contribution < -0.4 is 11.1 Å². The summed E-state index contributed by atoms with van der Waals surface area (Å²) in [6.07, 6.45) is 3.91. The number of aromatic nitrogens is 4.